The van der Waals surface area contributed by atoms with E-state index in [9.17, 15) is 0 Å². The molecule has 20 heavy (non-hydrogen) atoms. The SMILES string of the molecule is Cc1cccc(C)c1NC(=S)NCc1ccccc1Cl. The topological polar surface area (TPSA) is 24.1 Å². The van der Waals surface area contributed by atoms with Crippen LogP contribution in [0.5, 0.6) is 0 Å². The number of para-hydroxylation sites is 1. The first-order valence-corrected chi connectivity index (χ1v) is 7.21. The lowest BCUT2D eigenvalue weighted by Crippen LogP contribution is -2.28. The largest absolute Gasteiger partial charge is 0.358 e. The number of hydrogen-bond acceptors (Lipinski definition) is 1. The number of hydrogen-bond donors (Lipinski definition) is 2. The summed E-state index contributed by atoms with van der Waals surface area (Å²) in [6.45, 7) is 4.73. The highest BCUT2D eigenvalue weighted by atomic mass is 35.5. The zero-order valence-corrected chi connectivity index (χ0v) is 13.1. The highest BCUT2D eigenvalue weighted by Crippen LogP contribution is 2.19. The molecule has 2 nitrogen and oxygen atoms in total. The van der Waals surface area contributed by atoms with Crippen molar-refractivity contribution >= 4 is 34.6 Å². The normalized spacial score (nSPS) is 10.2. The van der Waals surface area contributed by atoms with Crippen molar-refractivity contribution in [3.05, 3.63) is 64.2 Å². The van der Waals surface area contributed by atoms with Gasteiger partial charge in [-0.15, -0.1) is 0 Å². The molecule has 0 aromatic heterocycles. The van der Waals surface area contributed by atoms with Crippen molar-refractivity contribution in [1.29, 1.82) is 0 Å². The molecule has 0 radical (unpaired) electrons. The molecule has 4 heteroatoms. The molecule has 2 N–H and O–H groups in total. The molecular weight excluding hydrogens is 288 g/mol. The van der Waals surface area contributed by atoms with Crippen molar-refractivity contribution in [2.75, 3.05) is 5.32 Å². The molecule has 0 aliphatic rings. The van der Waals surface area contributed by atoms with Crippen molar-refractivity contribution < 1.29 is 0 Å². The van der Waals surface area contributed by atoms with Crippen molar-refractivity contribution in [2.45, 2.75) is 20.4 Å². The molecule has 0 unspecified atom stereocenters. The molecule has 0 saturated heterocycles. The van der Waals surface area contributed by atoms with E-state index in [0.29, 0.717) is 11.7 Å². The van der Waals surface area contributed by atoms with E-state index in [-0.39, 0.29) is 0 Å². The number of thiocarbonyl (C=S) groups is 1. The first-order valence-electron chi connectivity index (χ1n) is 6.42. The van der Waals surface area contributed by atoms with E-state index in [1.807, 2.05) is 30.3 Å². The van der Waals surface area contributed by atoms with Crippen LogP contribution in [-0.4, -0.2) is 5.11 Å². The quantitative estimate of drug-likeness (QED) is 0.820. The summed E-state index contributed by atoms with van der Waals surface area (Å²) in [6, 6.07) is 13.9. The smallest absolute Gasteiger partial charge is 0.171 e. The Labute approximate surface area is 130 Å². The number of nitrogens with one attached hydrogen (secondary N) is 2. The molecule has 0 fully saturated rings. The van der Waals surface area contributed by atoms with Gasteiger partial charge < -0.3 is 10.6 Å². The minimum Gasteiger partial charge on any atom is -0.358 e. The Hall–Kier alpha value is -1.58. The summed E-state index contributed by atoms with van der Waals surface area (Å²) in [6.07, 6.45) is 0. The molecule has 0 saturated carbocycles. The number of anilines is 1. The molecular formula is C16H17ClN2S. The molecule has 0 atom stereocenters. The van der Waals surface area contributed by atoms with Gasteiger partial charge in [0.1, 0.15) is 0 Å². The zero-order chi connectivity index (χ0) is 14.5. The van der Waals surface area contributed by atoms with Crippen LogP contribution in [0.3, 0.4) is 0 Å². The van der Waals surface area contributed by atoms with E-state index in [1.165, 1.54) is 11.1 Å². The van der Waals surface area contributed by atoms with Gasteiger partial charge in [0, 0.05) is 17.3 Å². The van der Waals surface area contributed by atoms with Gasteiger partial charge in [0.05, 0.1) is 0 Å². The Bertz CT molecular complexity index is 605. The van der Waals surface area contributed by atoms with Crippen molar-refractivity contribution in [1.82, 2.24) is 5.32 Å². The highest BCUT2D eigenvalue weighted by molar-refractivity contribution is 7.80. The maximum Gasteiger partial charge on any atom is 0.171 e. The fraction of sp³-hybridized carbons (Fsp3) is 0.188. The third-order valence-corrected chi connectivity index (χ3v) is 3.73. The molecule has 0 aliphatic heterocycles. The lowest BCUT2D eigenvalue weighted by Gasteiger charge is -2.15. The van der Waals surface area contributed by atoms with E-state index in [1.54, 1.807) is 0 Å². The van der Waals surface area contributed by atoms with E-state index < -0.39 is 0 Å². The van der Waals surface area contributed by atoms with Gasteiger partial charge in [0.15, 0.2) is 5.11 Å². The van der Waals surface area contributed by atoms with Crippen molar-refractivity contribution in [2.24, 2.45) is 0 Å². The molecule has 0 aliphatic carbocycles. The third kappa shape index (κ3) is 3.71. The van der Waals surface area contributed by atoms with E-state index in [4.69, 9.17) is 23.8 Å². The van der Waals surface area contributed by atoms with Gasteiger partial charge in [-0.05, 0) is 48.8 Å². The standard InChI is InChI=1S/C16H17ClN2S/c1-11-6-5-7-12(2)15(11)19-16(20)18-10-13-8-3-4-9-14(13)17/h3-9H,10H2,1-2H3,(H2,18,19,20). The summed E-state index contributed by atoms with van der Waals surface area (Å²) < 4.78 is 0. The first kappa shape index (κ1) is 14.8. The molecule has 0 spiro atoms. The van der Waals surface area contributed by atoms with Gasteiger partial charge in [-0.25, -0.2) is 0 Å². The monoisotopic (exact) mass is 304 g/mol. The number of rotatable bonds is 3. The second-order valence-electron chi connectivity index (χ2n) is 4.67. The summed E-state index contributed by atoms with van der Waals surface area (Å²) in [4.78, 5) is 0. The fourth-order valence-corrected chi connectivity index (χ4v) is 2.36. The highest BCUT2D eigenvalue weighted by Gasteiger charge is 2.05. The number of benzene rings is 2. The van der Waals surface area contributed by atoms with Gasteiger partial charge in [0.2, 0.25) is 0 Å². The number of halogens is 1. The van der Waals surface area contributed by atoms with Crippen LogP contribution in [0.1, 0.15) is 16.7 Å². The van der Waals surface area contributed by atoms with Crippen LogP contribution in [0.15, 0.2) is 42.5 Å². The van der Waals surface area contributed by atoms with E-state index >= 15 is 0 Å². The average molecular weight is 305 g/mol. The molecule has 2 aromatic rings. The van der Waals surface area contributed by atoms with Crippen LogP contribution in [0.25, 0.3) is 0 Å². The van der Waals surface area contributed by atoms with Crippen LogP contribution >= 0.6 is 23.8 Å². The molecule has 0 heterocycles. The van der Waals surface area contributed by atoms with Crippen molar-refractivity contribution in [3.63, 3.8) is 0 Å². The Morgan fingerprint density at radius 3 is 2.35 bits per heavy atom. The van der Waals surface area contributed by atoms with E-state index in [0.717, 1.165) is 16.3 Å². The number of aryl methyl sites for hydroxylation is 2. The van der Waals surface area contributed by atoms with Crippen LogP contribution < -0.4 is 10.6 Å². The molecule has 2 aromatic carbocycles. The summed E-state index contributed by atoms with van der Waals surface area (Å²) in [5.74, 6) is 0. The fourth-order valence-electron chi connectivity index (χ4n) is 1.99. The maximum atomic E-state index is 6.11. The Morgan fingerprint density at radius 2 is 1.70 bits per heavy atom. The van der Waals surface area contributed by atoms with Gasteiger partial charge >= 0.3 is 0 Å². The van der Waals surface area contributed by atoms with Gasteiger partial charge in [0.25, 0.3) is 0 Å². The lowest BCUT2D eigenvalue weighted by molar-refractivity contribution is 0.925. The Morgan fingerprint density at radius 1 is 1.05 bits per heavy atom. The van der Waals surface area contributed by atoms with Gasteiger partial charge in [-0.2, -0.15) is 0 Å². The first-order chi connectivity index (χ1) is 9.58. The summed E-state index contributed by atoms with van der Waals surface area (Å²) in [5.41, 5.74) is 4.43. The van der Waals surface area contributed by atoms with Crippen LogP contribution in [-0.2, 0) is 6.54 Å². The Balaban J connectivity index is 1.98. The molecule has 104 valence electrons. The maximum absolute atomic E-state index is 6.11. The second-order valence-corrected chi connectivity index (χ2v) is 5.48. The predicted molar refractivity (Wildman–Crippen MR) is 90.4 cm³/mol. The minimum absolute atomic E-state index is 0.599. The molecule has 2 rings (SSSR count). The van der Waals surface area contributed by atoms with Gasteiger partial charge in [-0.3, -0.25) is 0 Å². The predicted octanol–water partition coefficient (Wildman–Crippen LogP) is 4.44. The second kappa shape index (κ2) is 6.73. The average Bonchev–Trinajstić information content (AvgIpc) is 2.42. The zero-order valence-electron chi connectivity index (χ0n) is 11.5. The summed E-state index contributed by atoms with van der Waals surface area (Å²) in [7, 11) is 0. The van der Waals surface area contributed by atoms with Crippen LogP contribution in [0, 0.1) is 13.8 Å². The summed E-state index contributed by atoms with van der Waals surface area (Å²) >= 11 is 11.4. The summed E-state index contributed by atoms with van der Waals surface area (Å²) in [5, 5.41) is 7.77. The van der Waals surface area contributed by atoms with Crippen LogP contribution in [0.4, 0.5) is 5.69 Å². The van der Waals surface area contributed by atoms with Crippen molar-refractivity contribution in [3.8, 4) is 0 Å². The Kier molecular flexibility index (Phi) is 4.99. The lowest BCUT2D eigenvalue weighted by atomic mass is 10.1. The minimum atomic E-state index is 0.599. The molecule has 0 amide bonds. The van der Waals surface area contributed by atoms with Crippen LogP contribution in [0.2, 0.25) is 5.02 Å². The third-order valence-electron chi connectivity index (χ3n) is 3.12. The van der Waals surface area contributed by atoms with E-state index in [2.05, 4.69) is 36.6 Å². The molecule has 0 bridgehead atoms. The van der Waals surface area contributed by atoms with Gasteiger partial charge in [-0.1, -0.05) is 48.0 Å².